The maximum absolute atomic E-state index is 5.61. The average Bonchev–Trinajstić information content (AvgIpc) is 3.01. The van der Waals surface area contributed by atoms with Crippen molar-refractivity contribution >= 4 is 17.3 Å². The first kappa shape index (κ1) is 14.4. The van der Waals surface area contributed by atoms with Crippen LogP contribution in [0.15, 0.2) is 52.8 Å². The fourth-order valence-electron chi connectivity index (χ4n) is 1.66. The van der Waals surface area contributed by atoms with Crippen molar-refractivity contribution in [3.05, 3.63) is 52.7 Å². The second-order valence-corrected chi connectivity index (χ2v) is 5.13. The Bertz CT molecular complexity index is 511. The third kappa shape index (κ3) is 4.93. The zero-order valence-corrected chi connectivity index (χ0v) is 12.3. The molecule has 2 N–H and O–H groups in total. The molecule has 0 unspecified atom stereocenters. The van der Waals surface area contributed by atoms with Crippen molar-refractivity contribution in [3.63, 3.8) is 0 Å². The van der Waals surface area contributed by atoms with Gasteiger partial charge in [0.15, 0.2) is 5.96 Å². The van der Waals surface area contributed by atoms with Gasteiger partial charge in [0.05, 0.1) is 13.1 Å². The smallest absolute Gasteiger partial charge is 0.191 e. The van der Waals surface area contributed by atoms with Crippen LogP contribution in [0.25, 0.3) is 0 Å². The summed E-state index contributed by atoms with van der Waals surface area (Å²) in [5.74, 6) is 1.67. The van der Waals surface area contributed by atoms with Gasteiger partial charge in [0.25, 0.3) is 0 Å². The first-order chi connectivity index (χ1) is 9.88. The van der Waals surface area contributed by atoms with Crippen LogP contribution in [0.5, 0.6) is 5.75 Å². The van der Waals surface area contributed by atoms with Crippen molar-refractivity contribution in [2.45, 2.75) is 6.54 Å². The van der Waals surface area contributed by atoms with Gasteiger partial charge in [-0.05, 0) is 23.6 Å². The van der Waals surface area contributed by atoms with E-state index in [0.29, 0.717) is 13.2 Å². The van der Waals surface area contributed by atoms with E-state index in [9.17, 15) is 0 Å². The molecule has 0 bridgehead atoms. The molecule has 2 rings (SSSR count). The monoisotopic (exact) mass is 289 g/mol. The molecule has 20 heavy (non-hydrogen) atoms. The number of nitrogens with zero attached hydrogens (tertiary/aromatic N) is 1. The highest BCUT2D eigenvalue weighted by Crippen LogP contribution is 2.08. The quantitative estimate of drug-likeness (QED) is 0.488. The zero-order valence-electron chi connectivity index (χ0n) is 11.5. The molecule has 0 radical (unpaired) electrons. The van der Waals surface area contributed by atoms with E-state index in [2.05, 4.69) is 27.1 Å². The minimum absolute atomic E-state index is 0.601. The molecule has 0 aliphatic rings. The third-order valence-corrected chi connectivity index (χ3v) is 3.52. The van der Waals surface area contributed by atoms with Gasteiger partial charge in [-0.2, -0.15) is 0 Å². The molecular weight excluding hydrogens is 270 g/mol. The van der Waals surface area contributed by atoms with Gasteiger partial charge in [-0.15, -0.1) is 11.3 Å². The molecule has 1 heterocycles. The summed E-state index contributed by atoms with van der Waals surface area (Å²) in [5.41, 5.74) is 0. The number of guanidine groups is 1. The maximum atomic E-state index is 5.61. The summed E-state index contributed by atoms with van der Waals surface area (Å²) >= 11 is 1.73. The Balaban J connectivity index is 1.64. The number of ether oxygens (including phenoxy) is 1. The van der Waals surface area contributed by atoms with Gasteiger partial charge in [0.2, 0.25) is 0 Å². The predicted molar refractivity (Wildman–Crippen MR) is 84.5 cm³/mol. The minimum atomic E-state index is 0.601. The fraction of sp³-hybridized carbons (Fsp3) is 0.267. The number of thiophene rings is 1. The molecule has 0 aliphatic heterocycles. The van der Waals surface area contributed by atoms with Crippen molar-refractivity contribution < 1.29 is 4.74 Å². The van der Waals surface area contributed by atoms with E-state index in [1.807, 2.05) is 36.4 Å². The van der Waals surface area contributed by atoms with Crippen molar-refractivity contribution in [2.75, 3.05) is 20.2 Å². The van der Waals surface area contributed by atoms with Gasteiger partial charge < -0.3 is 15.4 Å². The molecule has 0 atom stereocenters. The summed E-state index contributed by atoms with van der Waals surface area (Å²) < 4.78 is 5.61. The predicted octanol–water partition coefficient (Wildman–Crippen LogP) is 2.49. The standard InChI is InChI=1S/C15H19N3OS/c1-16-15(18-12-14-8-5-11-20-14)17-9-10-19-13-6-3-2-4-7-13/h2-8,11H,9-10,12H2,1H3,(H2,16,17,18). The van der Waals surface area contributed by atoms with Crippen molar-refractivity contribution in [1.29, 1.82) is 0 Å². The van der Waals surface area contributed by atoms with Crippen LogP contribution >= 0.6 is 11.3 Å². The summed E-state index contributed by atoms with van der Waals surface area (Å²) in [5, 5.41) is 8.56. The summed E-state index contributed by atoms with van der Waals surface area (Å²) in [7, 11) is 1.77. The molecular formula is C15H19N3OS. The SMILES string of the molecule is CN=C(NCCOc1ccccc1)NCc1cccs1. The van der Waals surface area contributed by atoms with Crippen molar-refractivity contribution in [3.8, 4) is 5.75 Å². The number of rotatable bonds is 6. The summed E-state index contributed by atoms with van der Waals surface area (Å²) in [6, 6.07) is 13.9. The largest absolute Gasteiger partial charge is 0.492 e. The molecule has 0 spiro atoms. The summed E-state index contributed by atoms with van der Waals surface area (Å²) in [6.45, 7) is 2.10. The van der Waals surface area contributed by atoms with E-state index in [4.69, 9.17) is 4.74 Å². The first-order valence-corrected chi connectivity index (χ1v) is 7.41. The molecule has 2 aromatic rings. The molecule has 0 aliphatic carbocycles. The number of aliphatic imine (C=N–C) groups is 1. The Morgan fingerprint density at radius 1 is 1.15 bits per heavy atom. The highest BCUT2D eigenvalue weighted by molar-refractivity contribution is 7.09. The number of nitrogens with one attached hydrogen (secondary N) is 2. The summed E-state index contributed by atoms with van der Waals surface area (Å²) in [4.78, 5) is 5.46. The molecule has 0 saturated carbocycles. The lowest BCUT2D eigenvalue weighted by Gasteiger charge is -2.11. The fourth-order valence-corrected chi connectivity index (χ4v) is 2.30. The van der Waals surface area contributed by atoms with Gasteiger partial charge in [-0.3, -0.25) is 4.99 Å². The maximum Gasteiger partial charge on any atom is 0.191 e. The van der Waals surface area contributed by atoms with Crippen molar-refractivity contribution in [1.82, 2.24) is 10.6 Å². The van der Waals surface area contributed by atoms with E-state index in [1.54, 1.807) is 18.4 Å². The van der Waals surface area contributed by atoms with Crippen LogP contribution in [0.3, 0.4) is 0 Å². The number of hydrogen-bond donors (Lipinski definition) is 2. The lowest BCUT2D eigenvalue weighted by Crippen LogP contribution is -2.38. The molecule has 4 nitrogen and oxygen atoms in total. The number of para-hydroxylation sites is 1. The van der Waals surface area contributed by atoms with E-state index in [1.165, 1.54) is 4.88 Å². The van der Waals surface area contributed by atoms with E-state index >= 15 is 0 Å². The highest BCUT2D eigenvalue weighted by Gasteiger charge is 1.98. The van der Waals surface area contributed by atoms with Gasteiger partial charge in [0.1, 0.15) is 12.4 Å². The van der Waals surface area contributed by atoms with Crippen molar-refractivity contribution in [2.24, 2.45) is 4.99 Å². The molecule has 5 heteroatoms. The molecule has 106 valence electrons. The Morgan fingerprint density at radius 3 is 2.70 bits per heavy atom. The third-order valence-electron chi connectivity index (χ3n) is 2.64. The molecule has 0 saturated heterocycles. The normalized spacial score (nSPS) is 11.2. The first-order valence-electron chi connectivity index (χ1n) is 6.53. The Morgan fingerprint density at radius 2 is 2.00 bits per heavy atom. The molecule has 1 aromatic carbocycles. The highest BCUT2D eigenvalue weighted by atomic mass is 32.1. The average molecular weight is 289 g/mol. The lowest BCUT2D eigenvalue weighted by atomic mass is 10.3. The Hall–Kier alpha value is -2.01. The van der Waals surface area contributed by atoms with Crippen LogP contribution in [0.1, 0.15) is 4.88 Å². The van der Waals surface area contributed by atoms with Gasteiger partial charge in [-0.1, -0.05) is 24.3 Å². The Kier molecular flexibility index (Phi) is 5.92. The van der Waals surface area contributed by atoms with Crippen LogP contribution in [0.4, 0.5) is 0 Å². The van der Waals surface area contributed by atoms with Crippen LogP contribution in [0, 0.1) is 0 Å². The minimum Gasteiger partial charge on any atom is -0.492 e. The van der Waals surface area contributed by atoms with E-state index in [0.717, 1.165) is 18.3 Å². The number of benzene rings is 1. The van der Waals surface area contributed by atoms with Crippen LogP contribution in [-0.4, -0.2) is 26.2 Å². The Labute approximate surface area is 123 Å². The second kappa shape index (κ2) is 8.22. The zero-order chi connectivity index (χ0) is 14.0. The molecule has 1 aromatic heterocycles. The van der Waals surface area contributed by atoms with Gasteiger partial charge in [-0.25, -0.2) is 0 Å². The topological polar surface area (TPSA) is 45.7 Å². The van der Waals surface area contributed by atoms with Gasteiger partial charge >= 0.3 is 0 Å². The number of hydrogen-bond acceptors (Lipinski definition) is 3. The second-order valence-electron chi connectivity index (χ2n) is 4.09. The van der Waals surface area contributed by atoms with Crippen LogP contribution in [0.2, 0.25) is 0 Å². The van der Waals surface area contributed by atoms with E-state index < -0.39 is 0 Å². The van der Waals surface area contributed by atoms with Gasteiger partial charge in [0, 0.05) is 11.9 Å². The van der Waals surface area contributed by atoms with Crippen LogP contribution in [-0.2, 0) is 6.54 Å². The molecule has 0 amide bonds. The van der Waals surface area contributed by atoms with Crippen LogP contribution < -0.4 is 15.4 Å². The summed E-state index contributed by atoms with van der Waals surface area (Å²) in [6.07, 6.45) is 0. The van der Waals surface area contributed by atoms with E-state index in [-0.39, 0.29) is 0 Å². The molecule has 0 fully saturated rings. The lowest BCUT2D eigenvalue weighted by molar-refractivity contribution is 0.322.